The molecule has 1 aliphatic heterocycles. The summed E-state index contributed by atoms with van der Waals surface area (Å²) in [6.45, 7) is 0.562. The van der Waals surface area contributed by atoms with Crippen LogP contribution in [0.15, 0.2) is 18.2 Å². The number of benzene rings is 1. The number of ether oxygens (including phenoxy) is 1. The fourth-order valence-electron chi connectivity index (χ4n) is 1.42. The number of hydrogen-bond donors (Lipinski definition) is 1. The van der Waals surface area contributed by atoms with Crippen LogP contribution in [-0.2, 0) is 6.42 Å². The summed E-state index contributed by atoms with van der Waals surface area (Å²) in [5, 5.41) is 0.759. The number of hydrogen-bond acceptors (Lipinski definition) is 2. The van der Waals surface area contributed by atoms with E-state index < -0.39 is 0 Å². The molecule has 2 N–H and O–H groups in total. The van der Waals surface area contributed by atoms with Gasteiger partial charge >= 0.3 is 0 Å². The number of rotatable bonds is 1. The van der Waals surface area contributed by atoms with Crippen molar-refractivity contribution in [2.45, 2.75) is 12.5 Å². The molecule has 1 aliphatic rings. The summed E-state index contributed by atoms with van der Waals surface area (Å²) in [6.07, 6.45) is 1.02. The third kappa shape index (κ3) is 2.08. The van der Waals surface area contributed by atoms with Gasteiger partial charge < -0.3 is 10.5 Å². The van der Waals surface area contributed by atoms with Gasteiger partial charge in [-0.15, -0.1) is 12.4 Å². The highest BCUT2D eigenvalue weighted by Gasteiger charge is 2.21. The molecule has 0 bridgehead atoms. The Bertz CT molecular complexity index is 304. The second-order valence-electron chi connectivity index (χ2n) is 2.93. The Labute approximate surface area is 88.4 Å². The molecule has 13 heavy (non-hydrogen) atoms. The second-order valence-corrected chi connectivity index (χ2v) is 3.37. The summed E-state index contributed by atoms with van der Waals surface area (Å²) < 4.78 is 5.53. The first-order valence-corrected chi connectivity index (χ1v) is 4.32. The molecule has 0 spiro atoms. The Hall–Kier alpha value is -0.440. The van der Waals surface area contributed by atoms with Gasteiger partial charge in [0.15, 0.2) is 0 Å². The van der Waals surface area contributed by atoms with Gasteiger partial charge in [0.25, 0.3) is 0 Å². The van der Waals surface area contributed by atoms with Crippen LogP contribution >= 0.6 is 24.0 Å². The molecule has 0 fully saturated rings. The molecular weight excluding hydrogens is 209 g/mol. The van der Waals surface area contributed by atoms with Gasteiger partial charge in [-0.3, -0.25) is 0 Å². The lowest BCUT2D eigenvalue weighted by Gasteiger charge is -2.05. The second kappa shape index (κ2) is 4.18. The Morgan fingerprint density at radius 3 is 3.00 bits per heavy atom. The monoisotopic (exact) mass is 219 g/mol. The van der Waals surface area contributed by atoms with Crippen LogP contribution in [0.2, 0.25) is 5.02 Å². The maximum atomic E-state index is 5.83. The van der Waals surface area contributed by atoms with Crippen LogP contribution < -0.4 is 10.5 Å². The quantitative estimate of drug-likeness (QED) is 0.785. The highest BCUT2D eigenvalue weighted by atomic mass is 35.5. The highest BCUT2D eigenvalue weighted by Crippen LogP contribution is 2.30. The topological polar surface area (TPSA) is 35.2 Å². The lowest BCUT2D eigenvalue weighted by molar-refractivity contribution is 0.241. The fourth-order valence-corrected chi connectivity index (χ4v) is 1.62. The molecule has 0 aromatic heterocycles. The van der Waals surface area contributed by atoms with Crippen molar-refractivity contribution in [1.82, 2.24) is 0 Å². The van der Waals surface area contributed by atoms with Gasteiger partial charge in [0, 0.05) is 18.0 Å². The number of nitrogens with two attached hydrogens (primary N) is 1. The van der Waals surface area contributed by atoms with E-state index in [2.05, 4.69) is 0 Å². The molecule has 1 heterocycles. The third-order valence-electron chi connectivity index (χ3n) is 2.03. The molecule has 4 heteroatoms. The van der Waals surface area contributed by atoms with Gasteiger partial charge in [0.2, 0.25) is 0 Å². The van der Waals surface area contributed by atoms with E-state index in [1.165, 1.54) is 0 Å². The van der Waals surface area contributed by atoms with Crippen LogP contribution in [0.1, 0.15) is 5.56 Å². The lowest BCUT2D eigenvalue weighted by atomic mass is 10.1. The highest BCUT2D eigenvalue weighted by molar-refractivity contribution is 6.30. The van der Waals surface area contributed by atoms with E-state index in [9.17, 15) is 0 Å². The minimum Gasteiger partial charge on any atom is -0.488 e. The maximum Gasteiger partial charge on any atom is 0.123 e. The van der Waals surface area contributed by atoms with Crippen molar-refractivity contribution in [3.05, 3.63) is 28.8 Å². The number of fused-ring (bicyclic) bond motifs is 1. The average Bonchev–Trinajstić information content (AvgIpc) is 2.46. The summed E-state index contributed by atoms with van der Waals surface area (Å²) in [4.78, 5) is 0. The van der Waals surface area contributed by atoms with Crippen molar-refractivity contribution in [3.63, 3.8) is 0 Å². The molecule has 72 valence electrons. The summed E-state index contributed by atoms with van der Waals surface area (Å²) in [7, 11) is 0. The SMILES string of the molecule is Cl.NCC1Cc2cc(Cl)ccc2O1. The van der Waals surface area contributed by atoms with Crippen molar-refractivity contribution in [1.29, 1.82) is 0 Å². The van der Waals surface area contributed by atoms with Crippen LogP contribution in [0.4, 0.5) is 0 Å². The van der Waals surface area contributed by atoms with E-state index in [1.54, 1.807) is 0 Å². The van der Waals surface area contributed by atoms with Crippen LogP contribution in [0, 0.1) is 0 Å². The van der Waals surface area contributed by atoms with E-state index in [0.717, 1.165) is 22.8 Å². The molecule has 2 nitrogen and oxygen atoms in total. The van der Waals surface area contributed by atoms with Crippen molar-refractivity contribution in [2.75, 3.05) is 6.54 Å². The Kier molecular flexibility index (Phi) is 3.42. The first kappa shape index (κ1) is 10.6. The zero-order valence-corrected chi connectivity index (χ0v) is 8.57. The molecular formula is C9H11Cl2NO. The molecule has 0 aliphatic carbocycles. The zero-order valence-electron chi connectivity index (χ0n) is 7.00. The van der Waals surface area contributed by atoms with Crippen LogP contribution in [0.25, 0.3) is 0 Å². The van der Waals surface area contributed by atoms with Crippen molar-refractivity contribution >= 4 is 24.0 Å². The van der Waals surface area contributed by atoms with E-state index in [4.69, 9.17) is 22.1 Å². The van der Waals surface area contributed by atoms with Gasteiger partial charge in [-0.1, -0.05) is 11.6 Å². The van der Waals surface area contributed by atoms with Crippen LogP contribution in [0.5, 0.6) is 5.75 Å². The summed E-state index contributed by atoms with van der Waals surface area (Å²) >= 11 is 5.83. The molecule has 0 radical (unpaired) electrons. The van der Waals surface area contributed by atoms with Gasteiger partial charge in [0.1, 0.15) is 11.9 Å². The van der Waals surface area contributed by atoms with E-state index in [-0.39, 0.29) is 18.5 Å². The fraction of sp³-hybridized carbons (Fsp3) is 0.333. The Morgan fingerprint density at radius 1 is 1.54 bits per heavy atom. The third-order valence-corrected chi connectivity index (χ3v) is 2.26. The minimum atomic E-state index is 0. The normalized spacial score (nSPS) is 18.8. The van der Waals surface area contributed by atoms with Crippen molar-refractivity contribution < 1.29 is 4.74 Å². The van der Waals surface area contributed by atoms with Gasteiger partial charge in [-0.25, -0.2) is 0 Å². The van der Waals surface area contributed by atoms with Gasteiger partial charge in [-0.05, 0) is 23.8 Å². The first-order valence-electron chi connectivity index (χ1n) is 3.95. The summed E-state index contributed by atoms with van der Waals surface area (Å²) in [5.41, 5.74) is 6.66. The summed E-state index contributed by atoms with van der Waals surface area (Å²) in [5.74, 6) is 0.926. The van der Waals surface area contributed by atoms with Crippen LogP contribution in [0.3, 0.4) is 0 Å². The predicted octanol–water partition coefficient (Wildman–Crippen LogP) is 2.02. The molecule has 1 aromatic rings. The Balaban J connectivity index is 0.000000845. The molecule has 1 unspecified atom stereocenters. The van der Waals surface area contributed by atoms with Crippen molar-refractivity contribution in [3.8, 4) is 5.75 Å². The number of halogens is 2. The maximum absolute atomic E-state index is 5.83. The average molecular weight is 220 g/mol. The molecule has 0 saturated carbocycles. The molecule has 0 amide bonds. The molecule has 2 rings (SSSR count). The Morgan fingerprint density at radius 2 is 2.31 bits per heavy atom. The van der Waals surface area contributed by atoms with Crippen LogP contribution in [-0.4, -0.2) is 12.6 Å². The smallest absolute Gasteiger partial charge is 0.123 e. The first-order chi connectivity index (χ1) is 5.79. The minimum absolute atomic E-state index is 0. The molecule has 1 atom stereocenters. The lowest BCUT2D eigenvalue weighted by Crippen LogP contribution is -2.24. The largest absolute Gasteiger partial charge is 0.488 e. The van der Waals surface area contributed by atoms with E-state index in [1.807, 2.05) is 18.2 Å². The van der Waals surface area contributed by atoms with Gasteiger partial charge in [0.05, 0.1) is 0 Å². The van der Waals surface area contributed by atoms with Crippen molar-refractivity contribution in [2.24, 2.45) is 5.73 Å². The van der Waals surface area contributed by atoms with E-state index in [0.29, 0.717) is 6.54 Å². The van der Waals surface area contributed by atoms with E-state index >= 15 is 0 Å². The predicted molar refractivity (Wildman–Crippen MR) is 55.9 cm³/mol. The molecule has 1 aromatic carbocycles. The molecule has 0 saturated heterocycles. The standard InChI is InChI=1S/C9H10ClNO.ClH/c10-7-1-2-9-6(3-7)4-8(5-11)12-9;/h1-3,8H,4-5,11H2;1H. The zero-order chi connectivity index (χ0) is 8.55. The van der Waals surface area contributed by atoms with Gasteiger partial charge in [-0.2, -0.15) is 0 Å². The summed E-state index contributed by atoms with van der Waals surface area (Å²) in [6, 6.07) is 5.67.